The fourth-order valence-corrected chi connectivity index (χ4v) is 4.44. The molecule has 0 N–H and O–H groups in total. The van der Waals surface area contributed by atoms with E-state index in [1.54, 1.807) is 0 Å². The van der Waals surface area contributed by atoms with Gasteiger partial charge in [0.25, 0.3) is 0 Å². The van der Waals surface area contributed by atoms with Gasteiger partial charge in [0.2, 0.25) is 0 Å². The average molecular weight is 494 g/mol. The molecule has 1 aliphatic rings. The summed E-state index contributed by atoms with van der Waals surface area (Å²) < 4.78 is 18.1. The third-order valence-corrected chi connectivity index (χ3v) is 6.51. The Balaban J connectivity index is 1.22. The summed E-state index contributed by atoms with van der Waals surface area (Å²) in [5.74, 6) is -0.329. The minimum Gasteiger partial charge on any atom is -0.457 e. The third kappa shape index (κ3) is 6.85. The average Bonchev–Trinajstić information content (AvgIpc) is 3.38. The fraction of sp³-hybridized carbons (Fsp3) is 0.219. The molecule has 1 aliphatic heterocycles. The number of hydrogen-bond donors (Lipinski definition) is 0. The number of anilines is 1. The summed E-state index contributed by atoms with van der Waals surface area (Å²) >= 11 is 0. The van der Waals surface area contributed by atoms with E-state index >= 15 is 0 Å². The zero-order chi connectivity index (χ0) is 25.3. The molecule has 1 saturated heterocycles. The van der Waals surface area contributed by atoms with E-state index in [2.05, 4.69) is 29.2 Å². The summed E-state index contributed by atoms with van der Waals surface area (Å²) in [6, 6.07) is 37.7. The highest BCUT2D eigenvalue weighted by molar-refractivity contribution is 5.89. The van der Waals surface area contributed by atoms with Crippen molar-refractivity contribution in [2.75, 3.05) is 18.0 Å². The van der Waals surface area contributed by atoms with Crippen molar-refractivity contribution in [3.63, 3.8) is 0 Å². The van der Waals surface area contributed by atoms with Gasteiger partial charge in [-0.05, 0) is 41.0 Å². The summed E-state index contributed by atoms with van der Waals surface area (Å²) in [5.41, 5.74) is 4.81. The Morgan fingerprint density at radius 3 is 1.49 bits per heavy atom. The lowest BCUT2D eigenvalue weighted by atomic mass is 10.2. The molecule has 0 unspecified atom stereocenters. The van der Waals surface area contributed by atoms with Crippen LogP contribution >= 0.6 is 0 Å². The van der Waals surface area contributed by atoms with Crippen LogP contribution in [0.25, 0.3) is 0 Å². The molecule has 2 atom stereocenters. The molecular formula is C32H31NO4. The van der Waals surface area contributed by atoms with Crippen molar-refractivity contribution < 1.29 is 19.0 Å². The summed E-state index contributed by atoms with van der Waals surface area (Å²) in [4.78, 5) is 14.8. The van der Waals surface area contributed by atoms with Crippen molar-refractivity contribution in [3.05, 3.63) is 138 Å². The van der Waals surface area contributed by atoms with Gasteiger partial charge in [-0.15, -0.1) is 0 Å². The molecule has 4 aromatic rings. The number of ether oxygens (including phenoxy) is 3. The predicted molar refractivity (Wildman–Crippen MR) is 144 cm³/mol. The quantitative estimate of drug-likeness (QED) is 0.252. The lowest BCUT2D eigenvalue weighted by molar-refractivity contribution is -0.0591. The second-order valence-electron chi connectivity index (χ2n) is 9.18. The maximum absolute atomic E-state index is 12.5. The molecule has 0 bridgehead atoms. The van der Waals surface area contributed by atoms with Crippen molar-refractivity contribution in [3.8, 4) is 0 Å². The van der Waals surface area contributed by atoms with Gasteiger partial charge in [-0.2, -0.15) is 0 Å². The zero-order valence-electron chi connectivity index (χ0n) is 20.7. The number of nitrogens with zero attached hydrogens (tertiary/aromatic N) is 1. The van der Waals surface area contributed by atoms with Crippen LogP contribution in [0.5, 0.6) is 0 Å². The molecule has 37 heavy (non-hydrogen) atoms. The molecule has 1 fully saturated rings. The standard InChI is InChI=1S/C32H31NO4/c34-32(37-24-27-14-8-3-9-15-27)28-16-18-29(19-17-28)33-20-30(35-22-25-10-4-1-5-11-25)31(21-33)36-23-26-12-6-2-7-13-26/h1-19,30-31H,20-24H2/t30-,31-/m0/s1. The minimum absolute atomic E-state index is 0.0700. The van der Waals surface area contributed by atoms with Gasteiger partial charge in [0.15, 0.2) is 0 Å². The number of carbonyl (C=O) groups excluding carboxylic acids is 1. The smallest absolute Gasteiger partial charge is 0.338 e. The van der Waals surface area contributed by atoms with Gasteiger partial charge in [0.05, 0.1) is 18.8 Å². The number of rotatable bonds is 10. The molecule has 0 saturated carbocycles. The van der Waals surface area contributed by atoms with E-state index in [0.29, 0.717) is 31.9 Å². The number of esters is 1. The van der Waals surface area contributed by atoms with Crippen LogP contribution in [0, 0.1) is 0 Å². The molecule has 5 rings (SSSR count). The Kier molecular flexibility index (Phi) is 8.26. The molecule has 0 aromatic heterocycles. The van der Waals surface area contributed by atoms with E-state index in [0.717, 1.165) is 22.4 Å². The molecule has 5 heteroatoms. The van der Waals surface area contributed by atoms with Crippen LogP contribution in [-0.2, 0) is 34.0 Å². The molecule has 0 amide bonds. The van der Waals surface area contributed by atoms with E-state index in [-0.39, 0.29) is 24.8 Å². The van der Waals surface area contributed by atoms with Crippen molar-refractivity contribution >= 4 is 11.7 Å². The van der Waals surface area contributed by atoms with Crippen LogP contribution in [0.4, 0.5) is 5.69 Å². The molecule has 1 heterocycles. The van der Waals surface area contributed by atoms with Crippen molar-refractivity contribution in [2.24, 2.45) is 0 Å². The first-order valence-electron chi connectivity index (χ1n) is 12.6. The SMILES string of the molecule is O=C(OCc1ccccc1)c1ccc(N2C[C@H](OCc3ccccc3)[C@@H](OCc3ccccc3)C2)cc1. The highest BCUT2D eigenvalue weighted by Gasteiger charge is 2.34. The lowest BCUT2D eigenvalue weighted by Crippen LogP contribution is -2.29. The summed E-state index contributed by atoms with van der Waals surface area (Å²) in [6.45, 7) is 2.76. The number of carbonyl (C=O) groups is 1. The van der Waals surface area contributed by atoms with E-state index < -0.39 is 0 Å². The second kappa shape index (κ2) is 12.3. The van der Waals surface area contributed by atoms with Crippen LogP contribution < -0.4 is 4.90 Å². The predicted octanol–water partition coefficient (Wildman–Crippen LogP) is 6.03. The van der Waals surface area contributed by atoms with Gasteiger partial charge >= 0.3 is 5.97 Å². The Bertz CT molecular complexity index is 1190. The van der Waals surface area contributed by atoms with Crippen molar-refractivity contribution in [1.82, 2.24) is 0 Å². The highest BCUT2D eigenvalue weighted by atomic mass is 16.5. The Labute approximate surface area is 218 Å². The third-order valence-electron chi connectivity index (χ3n) is 6.51. The normalized spacial score (nSPS) is 17.0. The van der Waals surface area contributed by atoms with E-state index in [4.69, 9.17) is 14.2 Å². The number of hydrogen-bond acceptors (Lipinski definition) is 5. The van der Waals surface area contributed by atoms with Crippen molar-refractivity contribution in [2.45, 2.75) is 32.0 Å². The van der Waals surface area contributed by atoms with E-state index in [9.17, 15) is 4.79 Å². The maximum Gasteiger partial charge on any atom is 0.338 e. The number of benzene rings is 4. The second-order valence-corrected chi connectivity index (χ2v) is 9.18. The highest BCUT2D eigenvalue weighted by Crippen LogP contribution is 2.26. The monoisotopic (exact) mass is 493 g/mol. The van der Waals surface area contributed by atoms with Crippen LogP contribution in [0.15, 0.2) is 115 Å². The molecule has 0 aliphatic carbocycles. The van der Waals surface area contributed by atoms with Gasteiger partial charge in [-0.1, -0.05) is 91.0 Å². The van der Waals surface area contributed by atoms with Gasteiger partial charge in [-0.25, -0.2) is 4.79 Å². The largest absolute Gasteiger partial charge is 0.457 e. The van der Waals surface area contributed by atoms with E-state index in [1.165, 1.54) is 0 Å². The molecule has 0 radical (unpaired) electrons. The van der Waals surface area contributed by atoms with Crippen LogP contribution in [-0.4, -0.2) is 31.3 Å². The zero-order valence-corrected chi connectivity index (χ0v) is 20.7. The van der Waals surface area contributed by atoms with Crippen LogP contribution in [0.3, 0.4) is 0 Å². The van der Waals surface area contributed by atoms with Crippen LogP contribution in [0.1, 0.15) is 27.0 Å². The van der Waals surface area contributed by atoms with Gasteiger partial charge in [-0.3, -0.25) is 0 Å². The van der Waals surface area contributed by atoms with Gasteiger partial charge < -0.3 is 19.1 Å². The Hall–Kier alpha value is -3.93. The Morgan fingerprint density at radius 1 is 0.595 bits per heavy atom. The van der Waals surface area contributed by atoms with E-state index in [1.807, 2.05) is 91.0 Å². The first kappa shape index (κ1) is 24.8. The van der Waals surface area contributed by atoms with Crippen LogP contribution in [0.2, 0.25) is 0 Å². The maximum atomic E-state index is 12.5. The molecule has 4 aromatic carbocycles. The summed E-state index contributed by atoms with van der Waals surface area (Å²) in [5, 5.41) is 0. The van der Waals surface area contributed by atoms with Gasteiger partial charge in [0.1, 0.15) is 18.8 Å². The van der Waals surface area contributed by atoms with Crippen molar-refractivity contribution in [1.29, 1.82) is 0 Å². The lowest BCUT2D eigenvalue weighted by Gasteiger charge is -2.19. The summed E-state index contributed by atoms with van der Waals surface area (Å²) in [7, 11) is 0. The minimum atomic E-state index is -0.329. The topological polar surface area (TPSA) is 48.0 Å². The van der Waals surface area contributed by atoms with Gasteiger partial charge in [0, 0.05) is 18.8 Å². The molecule has 5 nitrogen and oxygen atoms in total. The Morgan fingerprint density at radius 2 is 1.03 bits per heavy atom. The molecular weight excluding hydrogens is 462 g/mol. The first-order chi connectivity index (χ1) is 18.2. The fourth-order valence-electron chi connectivity index (χ4n) is 4.44. The first-order valence-corrected chi connectivity index (χ1v) is 12.6. The summed E-state index contributed by atoms with van der Waals surface area (Å²) in [6.07, 6.45) is -0.140. The molecule has 0 spiro atoms. The molecule has 188 valence electrons.